The van der Waals surface area contributed by atoms with Gasteiger partial charge in [-0.25, -0.2) is 9.78 Å². The number of methoxy groups -OCH3 is 1. The Morgan fingerprint density at radius 3 is 2.37 bits per heavy atom. The van der Waals surface area contributed by atoms with E-state index in [-0.39, 0.29) is 23.8 Å². The first-order valence-electron chi connectivity index (χ1n) is 12.1. The van der Waals surface area contributed by atoms with Gasteiger partial charge in [-0.3, -0.25) is 4.79 Å². The monoisotopic (exact) mass is 467 g/mol. The maximum absolute atomic E-state index is 13.8. The van der Waals surface area contributed by atoms with Gasteiger partial charge >= 0.3 is 5.97 Å². The zero-order chi connectivity index (χ0) is 24.2. The summed E-state index contributed by atoms with van der Waals surface area (Å²) in [5.41, 5.74) is 4.18. The number of aromatic nitrogens is 2. The second kappa shape index (κ2) is 10.1. The van der Waals surface area contributed by atoms with Crippen molar-refractivity contribution in [3.63, 3.8) is 0 Å². The molecule has 0 saturated heterocycles. The summed E-state index contributed by atoms with van der Waals surface area (Å²) in [6, 6.07) is 24.8. The number of amides is 1. The molecule has 1 heterocycles. The van der Waals surface area contributed by atoms with Crippen molar-refractivity contribution in [2.24, 2.45) is 5.92 Å². The SMILES string of the molecule is COC(=O)c1ccc(-c2nc3ccccc3n2C(C(=O)NCc2ccccc2)C2CCCC2)cc1. The lowest BCUT2D eigenvalue weighted by Gasteiger charge is -2.27. The third kappa shape index (κ3) is 4.69. The number of esters is 1. The molecule has 1 amide bonds. The van der Waals surface area contributed by atoms with Gasteiger partial charge in [-0.05, 0) is 48.6 Å². The number of benzene rings is 3. The molecule has 0 aliphatic heterocycles. The summed E-state index contributed by atoms with van der Waals surface area (Å²) in [4.78, 5) is 30.7. The lowest BCUT2D eigenvalue weighted by atomic mass is 9.96. The van der Waals surface area contributed by atoms with Gasteiger partial charge in [-0.15, -0.1) is 0 Å². The van der Waals surface area contributed by atoms with Gasteiger partial charge in [-0.1, -0.05) is 67.4 Å². The molecule has 1 unspecified atom stereocenters. The van der Waals surface area contributed by atoms with Crippen LogP contribution in [-0.2, 0) is 16.1 Å². The highest BCUT2D eigenvalue weighted by Crippen LogP contribution is 2.39. The molecule has 3 aromatic carbocycles. The highest BCUT2D eigenvalue weighted by atomic mass is 16.5. The average Bonchev–Trinajstić information content (AvgIpc) is 3.57. The highest BCUT2D eigenvalue weighted by Gasteiger charge is 2.35. The van der Waals surface area contributed by atoms with Crippen molar-refractivity contribution in [2.45, 2.75) is 38.3 Å². The summed E-state index contributed by atoms with van der Waals surface area (Å²) < 4.78 is 6.95. The van der Waals surface area contributed by atoms with Gasteiger partial charge < -0.3 is 14.6 Å². The second-order valence-corrected chi connectivity index (χ2v) is 9.06. The van der Waals surface area contributed by atoms with Crippen molar-refractivity contribution in [1.82, 2.24) is 14.9 Å². The van der Waals surface area contributed by atoms with Crippen LogP contribution in [0.1, 0.15) is 47.6 Å². The molecule has 5 rings (SSSR count). The molecule has 178 valence electrons. The summed E-state index contributed by atoms with van der Waals surface area (Å²) in [7, 11) is 1.37. The van der Waals surface area contributed by atoms with Crippen LogP contribution < -0.4 is 5.32 Å². The number of para-hydroxylation sites is 2. The van der Waals surface area contributed by atoms with E-state index in [2.05, 4.69) is 9.88 Å². The van der Waals surface area contributed by atoms with Crippen LogP contribution in [-0.4, -0.2) is 28.5 Å². The van der Waals surface area contributed by atoms with E-state index in [0.717, 1.165) is 53.7 Å². The van der Waals surface area contributed by atoms with Crippen LogP contribution >= 0.6 is 0 Å². The van der Waals surface area contributed by atoms with Gasteiger partial charge in [0.05, 0.1) is 23.7 Å². The van der Waals surface area contributed by atoms with Crippen LogP contribution in [0.15, 0.2) is 78.9 Å². The third-order valence-corrected chi connectivity index (χ3v) is 6.86. The van der Waals surface area contributed by atoms with E-state index in [1.807, 2.05) is 66.7 Å². The first-order chi connectivity index (χ1) is 17.2. The van der Waals surface area contributed by atoms with Crippen molar-refractivity contribution in [1.29, 1.82) is 0 Å². The third-order valence-electron chi connectivity index (χ3n) is 6.86. The van der Waals surface area contributed by atoms with Crippen LogP contribution in [0.25, 0.3) is 22.4 Å². The number of hydrogen-bond acceptors (Lipinski definition) is 4. The van der Waals surface area contributed by atoms with Gasteiger partial charge in [0, 0.05) is 12.1 Å². The Hall–Kier alpha value is -3.93. The van der Waals surface area contributed by atoms with E-state index in [0.29, 0.717) is 12.1 Å². The first-order valence-corrected chi connectivity index (χ1v) is 12.1. The summed E-state index contributed by atoms with van der Waals surface area (Å²) in [5.74, 6) is 0.594. The van der Waals surface area contributed by atoms with Gasteiger partial charge in [0.1, 0.15) is 11.9 Å². The Bertz CT molecular complexity index is 1320. The highest BCUT2D eigenvalue weighted by molar-refractivity contribution is 5.91. The molecule has 4 aromatic rings. The van der Waals surface area contributed by atoms with Gasteiger partial charge in [0.15, 0.2) is 0 Å². The fourth-order valence-corrected chi connectivity index (χ4v) is 5.11. The molecule has 0 spiro atoms. The first kappa shape index (κ1) is 22.8. The lowest BCUT2D eigenvalue weighted by molar-refractivity contribution is -0.125. The predicted octanol–water partition coefficient (Wildman–Crippen LogP) is 5.54. The van der Waals surface area contributed by atoms with E-state index in [4.69, 9.17) is 9.72 Å². The number of nitrogens with zero attached hydrogens (tertiary/aromatic N) is 2. The molecular weight excluding hydrogens is 438 g/mol. The maximum Gasteiger partial charge on any atom is 0.337 e. The van der Waals surface area contributed by atoms with E-state index < -0.39 is 0 Å². The predicted molar refractivity (Wildman–Crippen MR) is 136 cm³/mol. The van der Waals surface area contributed by atoms with E-state index >= 15 is 0 Å². The summed E-state index contributed by atoms with van der Waals surface area (Å²) in [6.45, 7) is 0.485. The molecule has 0 bridgehead atoms. The standard InChI is InChI=1S/C29H29N3O3/c1-35-29(34)23-17-15-22(16-18-23)27-31-24-13-7-8-14-25(24)32(27)26(21-11-5-6-12-21)28(33)30-19-20-9-3-2-4-10-20/h2-4,7-10,13-18,21,26H,5-6,11-12,19H2,1H3,(H,30,33). The normalized spacial score (nSPS) is 14.7. The van der Waals surface area contributed by atoms with Crippen molar-refractivity contribution in [2.75, 3.05) is 7.11 Å². The topological polar surface area (TPSA) is 73.2 Å². The number of carbonyl (C=O) groups excluding carboxylic acids is 2. The maximum atomic E-state index is 13.8. The molecule has 1 aliphatic rings. The molecule has 1 fully saturated rings. The minimum atomic E-state index is -0.380. The Labute approximate surface area is 204 Å². The number of hydrogen-bond donors (Lipinski definition) is 1. The minimum absolute atomic E-state index is 0.0105. The molecule has 0 radical (unpaired) electrons. The zero-order valence-corrected chi connectivity index (χ0v) is 19.8. The number of imidazole rings is 1. The van der Waals surface area contributed by atoms with Crippen LogP contribution in [0.4, 0.5) is 0 Å². The quantitative estimate of drug-likeness (QED) is 0.362. The fraction of sp³-hybridized carbons (Fsp3) is 0.276. The Kier molecular flexibility index (Phi) is 6.62. The average molecular weight is 468 g/mol. The van der Waals surface area contributed by atoms with Crippen molar-refractivity contribution in [3.05, 3.63) is 90.0 Å². The number of fused-ring (bicyclic) bond motifs is 1. The van der Waals surface area contributed by atoms with E-state index in [1.165, 1.54) is 7.11 Å². The van der Waals surface area contributed by atoms with Gasteiger partial charge in [-0.2, -0.15) is 0 Å². The van der Waals surface area contributed by atoms with E-state index in [1.54, 1.807) is 12.1 Å². The van der Waals surface area contributed by atoms with Crippen molar-refractivity contribution in [3.8, 4) is 11.4 Å². The summed E-state index contributed by atoms with van der Waals surface area (Å²) in [6.07, 6.45) is 4.28. The molecule has 6 heteroatoms. The summed E-state index contributed by atoms with van der Waals surface area (Å²) in [5, 5.41) is 3.19. The number of ether oxygens (including phenoxy) is 1. The Morgan fingerprint density at radius 2 is 1.66 bits per heavy atom. The second-order valence-electron chi connectivity index (χ2n) is 9.06. The largest absolute Gasteiger partial charge is 0.465 e. The van der Waals surface area contributed by atoms with Crippen LogP contribution in [0, 0.1) is 5.92 Å². The molecule has 1 N–H and O–H groups in total. The number of carbonyl (C=O) groups is 2. The molecule has 1 atom stereocenters. The Balaban J connectivity index is 1.57. The lowest BCUT2D eigenvalue weighted by Crippen LogP contribution is -2.36. The van der Waals surface area contributed by atoms with Crippen LogP contribution in [0.3, 0.4) is 0 Å². The van der Waals surface area contributed by atoms with Crippen molar-refractivity contribution >= 4 is 22.9 Å². The molecule has 1 aliphatic carbocycles. The smallest absolute Gasteiger partial charge is 0.337 e. The molecule has 1 saturated carbocycles. The van der Waals surface area contributed by atoms with E-state index in [9.17, 15) is 9.59 Å². The Morgan fingerprint density at radius 1 is 0.971 bits per heavy atom. The minimum Gasteiger partial charge on any atom is -0.465 e. The van der Waals surface area contributed by atoms with Gasteiger partial charge in [0.2, 0.25) is 5.91 Å². The number of nitrogens with one attached hydrogen (secondary N) is 1. The summed E-state index contributed by atoms with van der Waals surface area (Å²) >= 11 is 0. The molecule has 35 heavy (non-hydrogen) atoms. The zero-order valence-electron chi connectivity index (χ0n) is 19.8. The fourth-order valence-electron chi connectivity index (χ4n) is 5.11. The van der Waals surface area contributed by atoms with Crippen molar-refractivity contribution < 1.29 is 14.3 Å². The van der Waals surface area contributed by atoms with Crippen LogP contribution in [0.5, 0.6) is 0 Å². The number of rotatable bonds is 7. The van der Waals surface area contributed by atoms with Gasteiger partial charge in [0.25, 0.3) is 0 Å². The van der Waals surface area contributed by atoms with Crippen LogP contribution in [0.2, 0.25) is 0 Å². The molecule has 6 nitrogen and oxygen atoms in total. The molecule has 1 aromatic heterocycles. The molecular formula is C29H29N3O3.